The van der Waals surface area contributed by atoms with Crippen molar-refractivity contribution in [2.45, 2.75) is 0 Å². The molecule has 0 saturated heterocycles. The molecule has 6 rings (SSSR count). The molecule has 0 saturated carbocycles. The molecule has 0 aliphatic rings. The molecular weight excluding hydrogens is 472 g/mol. The molecule has 7 nitrogen and oxygen atoms in total. The molecule has 0 amide bonds. The van der Waals surface area contributed by atoms with Gasteiger partial charge < -0.3 is 14.5 Å². The minimum Gasteiger partial charge on any atom is -0.493 e. The van der Waals surface area contributed by atoms with Crippen molar-refractivity contribution in [1.82, 2.24) is 19.9 Å². The summed E-state index contributed by atoms with van der Waals surface area (Å²) in [5, 5.41) is 0.818. The van der Waals surface area contributed by atoms with Gasteiger partial charge in [-0.15, -0.1) is 11.3 Å². The topological polar surface area (TPSA) is 90.0 Å². The fourth-order valence-electron chi connectivity index (χ4n) is 4.27. The van der Waals surface area contributed by atoms with Crippen LogP contribution in [0.4, 0.5) is 0 Å². The van der Waals surface area contributed by atoms with Crippen molar-refractivity contribution < 1.29 is 9.47 Å². The van der Waals surface area contributed by atoms with Gasteiger partial charge in [0.2, 0.25) is 0 Å². The fourth-order valence-corrected chi connectivity index (χ4v) is 5.31. The van der Waals surface area contributed by atoms with E-state index < -0.39 is 0 Å². The maximum absolute atomic E-state index is 13.2. The Balaban J connectivity index is 1.70. The van der Waals surface area contributed by atoms with E-state index in [4.69, 9.17) is 19.4 Å². The van der Waals surface area contributed by atoms with Crippen molar-refractivity contribution in [3.8, 4) is 45.3 Å². The lowest BCUT2D eigenvalue weighted by atomic mass is 10.00. The summed E-state index contributed by atoms with van der Waals surface area (Å²) in [6.45, 7) is 0. The van der Waals surface area contributed by atoms with Gasteiger partial charge in [-0.05, 0) is 41.5 Å². The second kappa shape index (κ2) is 8.90. The molecule has 4 heterocycles. The summed E-state index contributed by atoms with van der Waals surface area (Å²) < 4.78 is 11.5. The second-order valence-electron chi connectivity index (χ2n) is 8.11. The molecule has 0 unspecified atom stereocenters. The smallest absolute Gasteiger partial charge is 0.269 e. The Morgan fingerprint density at radius 1 is 0.833 bits per heavy atom. The zero-order valence-corrected chi connectivity index (χ0v) is 20.3. The zero-order chi connectivity index (χ0) is 24.6. The van der Waals surface area contributed by atoms with Gasteiger partial charge in [-0.25, -0.2) is 9.97 Å². The molecule has 0 spiro atoms. The Kier molecular flexibility index (Phi) is 5.42. The van der Waals surface area contributed by atoms with E-state index >= 15 is 0 Å². The first-order chi connectivity index (χ1) is 17.7. The van der Waals surface area contributed by atoms with Crippen molar-refractivity contribution in [3.63, 3.8) is 0 Å². The third kappa shape index (κ3) is 3.68. The predicted molar refractivity (Wildman–Crippen MR) is 143 cm³/mol. The minimum absolute atomic E-state index is 0.192. The number of ether oxygens (including phenoxy) is 2. The van der Waals surface area contributed by atoms with Gasteiger partial charge >= 0.3 is 0 Å². The molecule has 0 atom stereocenters. The number of rotatable bonds is 5. The molecule has 1 N–H and O–H groups in total. The van der Waals surface area contributed by atoms with Crippen LogP contribution in [0.3, 0.4) is 0 Å². The largest absolute Gasteiger partial charge is 0.493 e. The van der Waals surface area contributed by atoms with Crippen molar-refractivity contribution >= 4 is 31.8 Å². The number of benzene rings is 2. The first kappa shape index (κ1) is 21.9. The molecule has 2 aromatic carbocycles. The number of aromatic amines is 1. The van der Waals surface area contributed by atoms with Crippen molar-refractivity contribution in [3.05, 3.63) is 89.5 Å². The van der Waals surface area contributed by atoms with Gasteiger partial charge in [0.05, 0.1) is 25.4 Å². The highest BCUT2D eigenvalue weighted by Crippen LogP contribution is 2.41. The van der Waals surface area contributed by atoms with Crippen LogP contribution in [-0.2, 0) is 0 Å². The van der Waals surface area contributed by atoms with Crippen molar-refractivity contribution in [2.75, 3.05) is 14.2 Å². The number of pyridine rings is 2. The number of hydrogen-bond donors (Lipinski definition) is 1. The number of nitrogens with zero attached hydrogens (tertiary/aromatic N) is 3. The first-order valence-electron chi connectivity index (χ1n) is 11.2. The molecule has 0 bridgehead atoms. The van der Waals surface area contributed by atoms with E-state index in [1.165, 1.54) is 11.3 Å². The standard InChI is InChI=1S/C28H20N4O3S/c1-34-21-11-10-17(13-22(21)35-2)19-14-20(18-9-6-12-29-15-18)30-28-23(19)24-25(36-28)27(33)32-26(31-24)16-7-4-3-5-8-16/h3-15H,1-2H3,(H,31,32,33). The van der Waals surface area contributed by atoms with Gasteiger partial charge in [-0.2, -0.15) is 0 Å². The third-order valence-electron chi connectivity index (χ3n) is 6.00. The Bertz CT molecular complexity index is 1780. The Hall–Kier alpha value is -4.56. The molecule has 6 aromatic rings. The molecule has 4 aromatic heterocycles. The van der Waals surface area contributed by atoms with E-state index in [0.717, 1.165) is 38.2 Å². The van der Waals surface area contributed by atoms with Crippen LogP contribution in [0.15, 0.2) is 83.9 Å². The summed E-state index contributed by atoms with van der Waals surface area (Å²) in [4.78, 5) is 30.9. The number of methoxy groups -OCH3 is 2. The Morgan fingerprint density at radius 2 is 1.64 bits per heavy atom. The van der Waals surface area contributed by atoms with E-state index in [-0.39, 0.29) is 5.56 Å². The lowest BCUT2D eigenvalue weighted by Crippen LogP contribution is -2.07. The van der Waals surface area contributed by atoms with Gasteiger partial charge in [-0.3, -0.25) is 9.78 Å². The van der Waals surface area contributed by atoms with Crippen LogP contribution in [0.2, 0.25) is 0 Å². The third-order valence-corrected chi connectivity index (χ3v) is 7.07. The van der Waals surface area contributed by atoms with Crippen molar-refractivity contribution in [2.24, 2.45) is 0 Å². The monoisotopic (exact) mass is 492 g/mol. The van der Waals surface area contributed by atoms with Crippen LogP contribution in [0.1, 0.15) is 0 Å². The normalized spacial score (nSPS) is 11.2. The van der Waals surface area contributed by atoms with Crippen LogP contribution in [0, 0.1) is 0 Å². The summed E-state index contributed by atoms with van der Waals surface area (Å²) in [5.41, 5.74) is 4.69. The highest BCUT2D eigenvalue weighted by atomic mass is 32.1. The summed E-state index contributed by atoms with van der Waals surface area (Å²) >= 11 is 1.33. The van der Waals surface area contributed by atoms with E-state index in [1.807, 2.05) is 66.7 Å². The van der Waals surface area contributed by atoms with E-state index in [9.17, 15) is 4.79 Å². The number of H-pyrrole nitrogens is 1. The Morgan fingerprint density at radius 3 is 2.39 bits per heavy atom. The molecule has 0 radical (unpaired) electrons. The number of fused-ring (bicyclic) bond motifs is 3. The highest BCUT2D eigenvalue weighted by Gasteiger charge is 2.20. The molecule has 0 fully saturated rings. The van der Waals surface area contributed by atoms with Gasteiger partial charge in [0.25, 0.3) is 5.56 Å². The second-order valence-corrected chi connectivity index (χ2v) is 9.11. The molecule has 8 heteroatoms. The van der Waals surface area contributed by atoms with Crippen molar-refractivity contribution in [1.29, 1.82) is 0 Å². The predicted octanol–water partition coefficient (Wildman–Crippen LogP) is 5.95. The van der Waals surface area contributed by atoms with E-state index in [0.29, 0.717) is 27.5 Å². The molecule has 176 valence electrons. The van der Waals surface area contributed by atoms with Crippen LogP contribution in [-0.4, -0.2) is 34.2 Å². The first-order valence-corrected chi connectivity index (χ1v) is 12.0. The summed E-state index contributed by atoms with van der Waals surface area (Å²) in [7, 11) is 3.22. The molecule has 0 aliphatic heterocycles. The van der Waals surface area contributed by atoms with E-state index in [1.54, 1.807) is 26.6 Å². The van der Waals surface area contributed by atoms with E-state index in [2.05, 4.69) is 9.97 Å². The minimum atomic E-state index is -0.192. The maximum Gasteiger partial charge on any atom is 0.269 e. The SMILES string of the molecule is COc1ccc(-c2cc(-c3cccnc3)nc3sc4c(=O)[nH]c(-c5ccccc5)nc4c23)cc1OC. The Labute approximate surface area is 210 Å². The summed E-state index contributed by atoms with van der Waals surface area (Å²) in [6.07, 6.45) is 3.50. The maximum atomic E-state index is 13.2. The average molecular weight is 493 g/mol. The highest BCUT2D eigenvalue weighted by molar-refractivity contribution is 7.25. The summed E-state index contributed by atoms with van der Waals surface area (Å²) in [5.74, 6) is 1.76. The number of aromatic nitrogens is 4. The lowest BCUT2D eigenvalue weighted by Gasteiger charge is -2.12. The lowest BCUT2D eigenvalue weighted by molar-refractivity contribution is 0.355. The van der Waals surface area contributed by atoms with Crippen LogP contribution < -0.4 is 15.0 Å². The quantitative estimate of drug-likeness (QED) is 0.320. The van der Waals surface area contributed by atoms with Gasteiger partial charge in [0.1, 0.15) is 15.4 Å². The fraction of sp³-hybridized carbons (Fsp3) is 0.0714. The average Bonchev–Trinajstić information content (AvgIpc) is 3.32. The number of hydrogen-bond acceptors (Lipinski definition) is 7. The molecule has 36 heavy (non-hydrogen) atoms. The van der Waals surface area contributed by atoms with Gasteiger partial charge in [-0.1, -0.05) is 36.4 Å². The van der Waals surface area contributed by atoms with Gasteiger partial charge in [0, 0.05) is 28.9 Å². The number of nitrogens with one attached hydrogen (secondary N) is 1. The van der Waals surface area contributed by atoms with Crippen LogP contribution in [0.25, 0.3) is 54.2 Å². The molecular formula is C28H20N4O3S. The number of thiophene rings is 1. The zero-order valence-electron chi connectivity index (χ0n) is 19.5. The van der Waals surface area contributed by atoms with Gasteiger partial charge in [0.15, 0.2) is 11.5 Å². The molecule has 0 aliphatic carbocycles. The van der Waals surface area contributed by atoms with Crippen LogP contribution in [0.5, 0.6) is 11.5 Å². The summed E-state index contributed by atoms with van der Waals surface area (Å²) in [6, 6.07) is 21.2. The van der Waals surface area contributed by atoms with Crippen LogP contribution >= 0.6 is 11.3 Å².